The van der Waals surface area contributed by atoms with Gasteiger partial charge in [-0.25, -0.2) is 0 Å². The third kappa shape index (κ3) is 6.14. The molecule has 0 atom stereocenters. The summed E-state index contributed by atoms with van der Waals surface area (Å²) >= 11 is -1.24. The van der Waals surface area contributed by atoms with Crippen molar-refractivity contribution in [1.29, 1.82) is 0 Å². The molecule has 0 amide bonds. The summed E-state index contributed by atoms with van der Waals surface area (Å²) in [6.07, 6.45) is 0. The minimum atomic E-state index is -1.24. The summed E-state index contributed by atoms with van der Waals surface area (Å²) in [5, 5.41) is 0. The fourth-order valence-corrected chi connectivity index (χ4v) is 1.66. The van der Waals surface area contributed by atoms with Crippen LogP contribution in [-0.2, 0) is 9.59 Å². The van der Waals surface area contributed by atoms with Crippen molar-refractivity contribution >= 4 is 28.7 Å². The number of carbonyl (C=O) groups is 2. The van der Waals surface area contributed by atoms with Crippen LogP contribution in [0.4, 0.5) is 0 Å². The van der Waals surface area contributed by atoms with Crippen LogP contribution in [0, 0.1) is 0 Å². The molecule has 0 rings (SSSR count). The van der Waals surface area contributed by atoms with E-state index in [1.807, 2.05) is 0 Å². The topological polar surface area (TPSA) is 34.1 Å². The zero-order valence-electron chi connectivity index (χ0n) is 4.32. The zero-order valence-corrected chi connectivity index (χ0v) is 7.17. The molecule has 0 heterocycles. The van der Waals surface area contributed by atoms with Crippen LogP contribution in [0.2, 0.25) is 0 Å². The average molecular weight is 205 g/mol. The van der Waals surface area contributed by atoms with E-state index in [0.717, 1.165) is 0 Å². The first-order valence-electron chi connectivity index (χ1n) is 1.91. The predicted molar refractivity (Wildman–Crippen MR) is 27.1 cm³/mol. The molecule has 0 spiro atoms. The first kappa shape index (κ1) is 7.14. The molecular weight excluding hydrogens is 199 g/mol. The number of hydrogen-bond acceptors (Lipinski definition) is 2. The van der Waals surface area contributed by atoms with Gasteiger partial charge in [0.25, 0.3) is 0 Å². The van der Waals surface area contributed by atoms with Gasteiger partial charge in [0.15, 0.2) is 0 Å². The van der Waals surface area contributed by atoms with Crippen LogP contribution in [-0.4, -0.2) is 28.7 Å². The van der Waals surface area contributed by atoms with Crippen LogP contribution in [0.1, 0.15) is 13.8 Å². The van der Waals surface area contributed by atoms with E-state index < -0.39 is 21.1 Å². The number of rotatable bonds is 2. The van der Waals surface area contributed by atoms with Gasteiger partial charge in [-0.3, -0.25) is 0 Å². The summed E-state index contributed by atoms with van der Waals surface area (Å²) in [5.74, 6) is 0. The van der Waals surface area contributed by atoms with Gasteiger partial charge >= 0.3 is 52.2 Å². The molecule has 0 aliphatic rings. The van der Waals surface area contributed by atoms with Crippen molar-refractivity contribution < 1.29 is 9.59 Å². The van der Waals surface area contributed by atoms with Gasteiger partial charge in [0.1, 0.15) is 0 Å². The van der Waals surface area contributed by atoms with Crippen LogP contribution in [0.15, 0.2) is 0 Å². The van der Waals surface area contributed by atoms with Crippen LogP contribution < -0.4 is 0 Å². The Bertz CT molecular complexity index is 85.9. The van der Waals surface area contributed by atoms with E-state index in [-0.39, 0.29) is 7.60 Å². The SMILES string of the molecule is C[C](=O)[Sn+2][C](C)=O. The average Bonchev–Trinajstić information content (AvgIpc) is 1.27. The van der Waals surface area contributed by atoms with E-state index in [4.69, 9.17) is 0 Å². The van der Waals surface area contributed by atoms with Crippen molar-refractivity contribution in [1.82, 2.24) is 0 Å². The van der Waals surface area contributed by atoms with Crippen LogP contribution in [0.5, 0.6) is 0 Å². The maximum atomic E-state index is 10.1. The molecule has 0 aliphatic heterocycles. The third-order valence-electron chi connectivity index (χ3n) is 0.352. The molecule has 0 saturated carbocycles. The van der Waals surface area contributed by atoms with E-state index in [2.05, 4.69) is 0 Å². The molecule has 0 bridgehead atoms. The molecule has 36 valence electrons. The van der Waals surface area contributed by atoms with E-state index in [1.165, 1.54) is 13.8 Å². The first-order chi connectivity index (χ1) is 3.13. The normalized spacial score (nSPS) is 7.14. The van der Waals surface area contributed by atoms with Crippen molar-refractivity contribution in [2.75, 3.05) is 0 Å². The Kier molecular flexibility index (Phi) is 3.24. The molecule has 7 heavy (non-hydrogen) atoms. The molecule has 3 heteroatoms. The Labute approximate surface area is 52.5 Å². The fraction of sp³-hybridized carbons (Fsp3) is 0.500. The van der Waals surface area contributed by atoms with Gasteiger partial charge in [-0.1, -0.05) is 0 Å². The maximum absolute atomic E-state index is 10.1. The zero-order chi connectivity index (χ0) is 5.86. The first-order valence-corrected chi connectivity index (χ1v) is 4.76. The molecule has 0 aromatic heterocycles. The summed E-state index contributed by atoms with van der Waals surface area (Å²) in [7, 11) is 0. The quantitative estimate of drug-likeness (QED) is 0.584. The van der Waals surface area contributed by atoms with E-state index in [0.29, 0.717) is 0 Å². The summed E-state index contributed by atoms with van der Waals surface area (Å²) in [5.41, 5.74) is 0. The molecule has 0 aliphatic carbocycles. The molecule has 0 aromatic carbocycles. The van der Waals surface area contributed by atoms with Gasteiger partial charge in [-0.15, -0.1) is 0 Å². The molecule has 2 nitrogen and oxygen atoms in total. The Balaban J connectivity index is 3.32. The van der Waals surface area contributed by atoms with Crippen molar-refractivity contribution in [3.8, 4) is 0 Å². The standard InChI is InChI=1S/2C2H3O.Sn/c2*1-2-3;/h2*1H3;/q;;+2. The van der Waals surface area contributed by atoms with Gasteiger partial charge in [-0.05, 0) is 0 Å². The second-order valence-corrected chi connectivity index (χ2v) is 5.97. The van der Waals surface area contributed by atoms with E-state index in [1.54, 1.807) is 0 Å². The van der Waals surface area contributed by atoms with Crippen molar-refractivity contribution in [3.05, 3.63) is 0 Å². The summed E-state index contributed by atoms with van der Waals surface area (Å²) in [4.78, 5) is 20.2. The molecule has 0 aromatic rings. The van der Waals surface area contributed by atoms with Crippen molar-refractivity contribution in [2.24, 2.45) is 0 Å². The van der Waals surface area contributed by atoms with Crippen LogP contribution >= 0.6 is 0 Å². The van der Waals surface area contributed by atoms with Crippen LogP contribution in [0.3, 0.4) is 0 Å². The molecular formula is C4H6O2Sn+2. The molecule has 0 N–H and O–H groups in total. The molecule has 0 saturated heterocycles. The Morgan fingerprint density at radius 1 is 1.14 bits per heavy atom. The number of hydrogen-bond donors (Lipinski definition) is 0. The second-order valence-electron chi connectivity index (χ2n) is 1.24. The molecule has 0 radical (unpaired) electrons. The van der Waals surface area contributed by atoms with Gasteiger partial charge in [0, 0.05) is 0 Å². The summed E-state index contributed by atoms with van der Waals surface area (Å²) < 4.78 is 0.215. The number of carbonyl (C=O) groups excluding carboxylic acids is 2. The Hall–Kier alpha value is 0.139. The van der Waals surface area contributed by atoms with E-state index in [9.17, 15) is 9.59 Å². The van der Waals surface area contributed by atoms with Gasteiger partial charge < -0.3 is 0 Å². The minimum absolute atomic E-state index is 0.108. The molecule has 0 fully saturated rings. The van der Waals surface area contributed by atoms with E-state index >= 15 is 0 Å². The van der Waals surface area contributed by atoms with Gasteiger partial charge in [0.2, 0.25) is 0 Å². The Morgan fingerprint density at radius 3 is 1.43 bits per heavy atom. The Morgan fingerprint density at radius 2 is 1.43 bits per heavy atom. The van der Waals surface area contributed by atoms with Gasteiger partial charge in [-0.2, -0.15) is 0 Å². The summed E-state index contributed by atoms with van der Waals surface area (Å²) in [6.45, 7) is 2.96. The van der Waals surface area contributed by atoms with Crippen LogP contribution in [0.25, 0.3) is 0 Å². The third-order valence-corrected chi connectivity index (χ3v) is 2.36. The predicted octanol–water partition coefficient (Wildman–Crippen LogP) is -0.216. The molecule has 0 unspecified atom stereocenters. The monoisotopic (exact) mass is 206 g/mol. The fourth-order valence-electron chi connectivity index (χ4n) is 0.248. The van der Waals surface area contributed by atoms with Gasteiger partial charge in [0.05, 0.1) is 0 Å². The van der Waals surface area contributed by atoms with Crippen molar-refractivity contribution in [2.45, 2.75) is 13.8 Å². The second kappa shape index (κ2) is 3.18. The van der Waals surface area contributed by atoms with Crippen molar-refractivity contribution in [3.63, 3.8) is 0 Å². The summed E-state index contributed by atoms with van der Waals surface area (Å²) in [6, 6.07) is 0.